The molecule has 1 aliphatic heterocycles. The maximum atomic E-state index is 5.27. The smallest absolute Gasteiger partial charge is 0.0589 e. The van der Waals surface area contributed by atoms with E-state index < -0.39 is 0 Å². The Morgan fingerprint density at radius 3 is 2.61 bits per heavy atom. The van der Waals surface area contributed by atoms with E-state index in [0.29, 0.717) is 12.1 Å². The first-order chi connectivity index (χ1) is 8.72. The standard InChI is InChI=1S/C15H32N2O/c1-5-14(6-2)17(10-11-18-4)12-15-13(3)8-7-9-16-15/h13-16H,5-12H2,1-4H3. The van der Waals surface area contributed by atoms with Crippen LogP contribution >= 0.6 is 0 Å². The SMILES string of the molecule is CCC(CC)N(CCOC)CC1NCCCC1C. The lowest BCUT2D eigenvalue weighted by molar-refractivity contribution is 0.0942. The first-order valence-electron chi connectivity index (χ1n) is 7.69. The molecule has 3 heteroatoms. The second kappa shape index (κ2) is 8.89. The van der Waals surface area contributed by atoms with Crippen LogP contribution in [0.15, 0.2) is 0 Å². The fraction of sp³-hybridized carbons (Fsp3) is 1.00. The molecule has 0 aliphatic carbocycles. The van der Waals surface area contributed by atoms with Crippen LogP contribution in [-0.2, 0) is 4.74 Å². The average Bonchev–Trinajstić information content (AvgIpc) is 2.39. The second-order valence-electron chi connectivity index (χ2n) is 5.64. The van der Waals surface area contributed by atoms with Crippen molar-refractivity contribution in [3.05, 3.63) is 0 Å². The van der Waals surface area contributed by atoms with Crippen molar-refractivity contribution in [3.63, 3.8) is 0 Å². The highest BCUT2D eigenvalue weighted by Crippen LogP contribution is 2.18. The van der Waals surface area contributed by atoms with Crippen LogP contribution in [0.25, 0.3) is 0 Å². The molecule has 0 aromatic heterocycles. The number of ether oxygens (including phenoxy) is 1. The Kier molecular flexibility index (Phi) is 7.87. The van der Waals surface area contributed by atoms with Gasteiger partial charge in [0.2, 0.25) is 0 Å². The van der Waals surface area contributed by atoms with E-state index in [0.717, 1.165) is 19.1 Å². The van der Waals surface area contributed by atoms with Crippen LogP contribution < -0.4 is 5.32 Å². The van der Waals surface area contributed by atoms with Gasteiger partial charge in [-0.1, -0.05) is 20.8 Å². The van der Waals surface area contributed by atoms with Crippen molar-refractivity contribution in [2.75, 3.05) is 33.4 Å². The molecule has 108 valence electrons. The summed E-state index contributed by atoms with van der Waals surface area (Å²) < 4.78 is 5.27. The van der Waals surface area contributed by atoms with Gasteiger partial charge in [0.1, 0.15) is 0 Å². The van der Waals surface area contributed by atoms with Crippen LogP contribution in [0.1, 0.15) is 46.5 Å². The molecule has 0 amide bonds. The highest BCUT2D eigenvalue weighted by molar-refractivity contribution is 4.83. The molecule has 1 rings (SSSR count). The molecule has 0 aromatic carbocycles. The zero-order valence-electron chi connectivity index (χ0n) is 12.7. The fourth-order valence-corrected chi connectivity index (χ4v) is 3.05. The van der Waals surface area contributed by atoms with E-state index in [1.54, 1.807) is 7.11 Å². The zero-order chi connectivity index (χ0) is 13.4. The highest BCUT2D eigenvalue weighted by Gasteiger charge is 2.25. The quantitative estimate of drug-likeness (QED) is 0.722. The third-order valence-corrected chi connectivity index (χ3v) is 4.40. The van der Waals surface area contributed by atoms with Crippen molar-refractivity contribution in [3.8, 4) is 0 Å². The van der Waals surface area contributed by atoms with E-state index in [-0.39, 0.29) is 0 Å². The summed E-state index contributed by atoms with van der Waals surface area (Å²) in [4.78, 5) is 2.63. The van der Waals surface area contributed by atoms with Crippen molar-refractivity contribution in [2.45, 2.75) is 58.5 Å². The summed E-state index contributed by atoms with van der Waals surface area (Å²) >= 11 is 0. The molecule has 0 spiro atoms. The lowest BCUT2D eigenvalue weighted by Gasteiger charge is -2.38. The number of nitrogens with zero attached hydrogens (tertiary/aromatic N) is 1. The van der Waals surface area contributed by atoms with Gasteiger partial charge < -0.3 is 10.1 Å². The van der Waals surface area contributed by atoms with Gasteiger partial charge in [-0.3, -0.25) is 4.90 Å². The maximum Gasteiger partial charge on any atom is 0.0589 e. The summed E-state index contributed by atoms with van der Waals surface area (Å²) in [5.41, 5.74) is 0. The van der Waals surface area contributed by atoms with E-state index >= 15 is 0 Å². The Hall–Kier alpha value is -0.120. The van der Waals surface area contributed by atoms with E-state index in [1.165, 1.54) is 38.8 Å². The second-order valence-corrected chi connectivity index (χ2v) is 5.64. The van der Waals surface area contributed by atoms with Gasteiger partial charge in [-0.05, 0) is 38.1 Å². The van der Waals surface area contributed by atoms with Crippen LogP contribution in [0.2, 0.25) is 0 Å². The van der Waals surface area contributed by atoms with Gasteiger partial charge in [0.25, 0.3) is 0 Å². The molecule has 0 saturated carbocycles. The lowest BCUT2D eigenvalue weighted by Crippen LogP contribution is -2.51. The molecule has 0 bridgehead atoms. The van der Waals surface area contributed by atoms with Gasteiger partial charge >= 0.3 is 0 Å². The number of hydrogen-bond donors (Lipinski definition) is 1. The molecule has 3 nitrogen and oxygen atoms in total. The van der Waals surface area contributed by atoms with E-state index in [4.69, 9.17) is 4.74 Å². The number of piperidine rings is 1. The third-order valence-electron chi connectivity index (χ3n) is 4.40. The highest BCUT2D eigenvalue weighted by atomic mass is 16.5. The van der Waals surface area contributed by atoms with E-state index in [2.05, 4.69) is 31.0 Å². The molecular weight excluding hydrogens is 224 g/mol. The van der Waals surface area contributed by atoms with Crippen molar-refractivity contribution in [2.24, 2.45) is 5.92 Å². The Bertz CT molecular complexity index is 207. The van der Waals surface area contributed by atoms with Gasteiger partial charge in [-0.2, -0.15) is 0 Å². The predicted octanol–water partition coefficient (Wildman–Crippen LogP) is 2.51. The van der Waals surface area contributed by atoms with Crippen LogP contribution in [0, 0.1) is 5.92 Å². The summed E-state index contributed by atoms with van der Waals surface area (Å²) in [6.07, 6.45) is 5.18. The molecule has 1 fully saturated rings. The Morgan fingerprint density at radius 2 is 2.06 bits per heavy atom. The van der Waals surface area contributed by atoms with Crippen LogP contribution in [0.3, 0.4) is 0 Å². The predicted molar refractivity (Wildman–Crippen MR) is 78.0 cm³/mol. The number of methoxy groups -OCH3 is 1. The Labute approximate surface area is 113 Å². The van der Waals surface area contributed by atoms with Crippen LogP contribution in [0.5, 0.6) is 0 Å². The number of rotatable bonds is 8. The third kappa shape index (κ3) is 4.87. The number of hydrogen-bond acceptors (Lipinski definition) is 3. The van der Waals surface area contributed by atoms with Gasteiger partial charge in [-0.15, -0.1) is 0 Å². The molecular formula is C15H32N2O. The molecule has 0 radical (unpaired) electrons. The first kappa shape index (κ1) is 15.9. The minimum absolute atomic E-state index is 0.663. The number of nitrogens with one attached hydrogen (secondary N) is 1. The fourth-order valence-electron chi connectivity index (χ4n) is 3.05. The molecule has 2 atom stereocenters. The Balaban J connectivity index is 2.52. The van der Waals surface area contributed by atoms with E-state index in [1.807, 2.05) is 0 Å². The van der Waals surface area contributed by atoms with Gasteiger partial charge in [0, 0.05) is 32.3 Å². The topological polar surface area (TPSA) is 24.5 Å². The van der Waals surface area contributed by atoms with Gasteiger partial charge in [-0.25, -0.2) is 0 Å². The maximum absolute atomic E-state index is 5.27. The summed E-state index contributed by atoms with van der Waals surface area (Å²) in [7, 11) is 1.80. The molecule has 1 aliphatic rings. The molecule has 0 aromatic rings. The van der Waals surface area contributed by atoms with Gasteiger partial charge in [0.05, 0.1) is 6.61 Å². The van der Waals surface area contributed by atoms with Gasteiger partial charge in [0.15, 0.2) is 0 Å². The first-order valence-corrected chi connectivity index (χ1v) is 7.69. The summed E-state index contributed by atoms with van der Waals surface area (Å²) in [6.45, 7) is 11.3. The Morgan fingerprint density at radius 1 is 1.33 bits per heavy atom. The largest absolute Gasteiger partial charge is 0.383 e. The monoisotopic (exact) mass is 256 g/mol. The summed E-state index contributed by atoms with van der Waals surface area (Å²) in [6, 6.07) is 1.37. The minimum Gasteiger partial charge on any atom is -0.383 e. The average molecular weight is 256 g/mol. The normalized spacial score (nSPS) is 25.0. The molecule has 1 saturated heterocycles. The van der Waals surface area contributed by atoms with Crippen molar-refractivity contribution < 1.29 is 4.74 Å². The van der Waals surface area contributed by atoms with Crippen LogP contribution in [0.4, 0.5) is 0 Å². The summed E-state index contributed by atoms with van der Waals surface area (Å²) in [5.74, 6) is 0.804. The van der Waals surface area contributed by atoms with Crippen LogP contribution in [-0.4, -0.2) is 50.3 Å². The lowest BCUT2D eigenvalue weighted by atomic mass is 9.92. The minimum atomic E-state index is 0.663. The molecule has 1 N–H and O–H groups in total. The molecule has 2 unspecified atom stereocenters. The van der Waals surface area contributed by atoms with E-state index in [9.17, 15) is 0 Å². The van der Waals surface area contributed by atoms with Crippen molar-refractivity contribution >= 4 is 0 Å². The molecule has 1 heterocycles. The van der Waals surface area contributed by atoms with Crippen molar-refractivity contribution in [1.29, 1.82) is 0 Å². The summed E-state index contributed by atoms with van der Waals surface area (Å²) in [5, 5.41) is 3.70. The molecule has 18 heavy (non-hydrogen) atoms. The van der Waals surface area contributed by atoms with Crippen molar-refractivity contribution in [1.82, 2.24) is 10.2 Å². The zero-order valence-corrected chi connectivity index (χ0v) is 12.7.